The van der Waals surface area contributed by atoms with Gasteiger partial charge in [-0.1, -0.05) is 36.4 Å². The van der Waals surface area contributed by atoms with Gasteiger partial charge in [0, 0.05) is 46.5 Å². The first-order valence-electron chi connectivity index (χ1n) is 11.6. The van der Waals surface area contributed by atoms with Crippen LogP contribution in [-0.2, 0) is 0 Å². The van der Waals surface area contributed by atoms with E-state index in [1.165, 1.54) is 60.7 Å². The van der Waals surface area contributed by atoms with E-state index in [1.807, 2.05) is 0 Å². The van der Waals surface area contributed by atoms with Gasteiger partial charge in [-0.05, 0) is 24.3 Å². The normalized spacial score (nSPS) is 11.7. The van der Waals surface area contributed by atoms with Crippen molar-refractivity contribution < 1.29 is 29.0 Å². The smallest absolute Gasteiger partial charge is 0.270 e. The molecule has 0 fully saturated rings. The predicted molar refractivity (Wildman–Crippen MR) is 142 cm³/mol. The van der Waals surface area contributed by atoms with E-state index in [4.69, 9.17) is 0 Å². The number of nitrogens with zero attached hydrogens (tertiary/aromatic N) is 2. The van der Waals surface area contributed by atoms with Gasteiger partial charge in [0.25, 0.3) is 23.2 Å². The van der Waals surface area contributed by atoms with E-state index >= 15 is 0 Å². The van der Waals surface area contributed by atoms with Gasteiger partial charge in [0.05, 0.1) is 32.3 Å². The summed E-state index contributed by atoms with van der Waals surface area (Å²) in [7, 11) is 0. The molecular weight excluding hydrogens is 520 g/mol. The number of non-ortho nitro benzene ring substituents is 2. The highest BCUT2D eigenvalue weighted by molar-refractivity contribution is 6.33. The average molecular weight is 536 g/mol. The van der Waals surface area contributed by atoms with Crippen LogP contribution in [-0.4, -0.2) is 33.2 Å². The summed E-state index contributed by atoms with van der Waals surface area (Å²) in [6.45, 7) is 0. The Morgan fingerprint density at radius 3 is 1.35 bits per heavy atom. The molecule has 0 saturated carbocycles. The molecule has 0 atom stereocenters. The van der Waals surface area contributed by atoms with Crippen LogP contribution in [0.4, 0.5) is 22.7 Å². The minimum atomic E-state index is -0.765. The molecule has 0 radical (unpaired) electrons. The first-order valence-corrected chi connectivity index (χ1v) is 11.6. The summed E-state index contributed by atoms with van der Waals surface area (Å²) in [6.07, 6.45) is 0. The van der Waals surface area contributed by atoms with Gasteiger partial charge >= 0.3 is 0 Å². The fourth-order valence-electron chi connectivity index (χ4n) is 4.34. The van der Waals surface area contributed by atoms with E-state index in [0.29, 0.717) is 0 Å². The summed E-state index contributed by atoms with van der Waals surface area (Å²) in [6, 6.07) is 18.6. The molecule has 1 aliphatic rings. The lowest BCUT2D eigenvalue weighted by Gasteiger charge is -2.23. The van der Waals surface area contributed by atoms with Crippen molar-refractivity contribution in [2.75, 3.05) is 10.6 Å². The van der Waals surface area contributed by atoms with Crippen LogP contribution < -0.4 is 10.6 Å². The van der Waals surface area contributed by atoms with E-state index in [0.717, 1.165) is 12.1 Å². The molecule has 40 heavy (non-hydrogen) atoms. The van der Waals surface area contributed by atoms with E-state index in [-0.39, 0.29) is 56.1 Å². The molecule has 0 aromatic heterocycles. The summed E-state index contributed by atoms with van der Waals surface area (Å²) in [5.74, 6) is -2.71. The summed E-state index contributed by atoms with van der Waals surface area (Å²) in [5, 5.41) is 27.3. The third-order valence-electron chi connectivity index (χ3n) is 6.21. The molecule has 0 spiro atoms. The number of nitro groups is 2. The zero-order valence-corrected chi connectivity index (χ0v) is 20.2. The zero-order valence-electron chi connectivity index (χ0n) is 20.2. The summed E-state index contributed by atoms with van der Waals surface area (Å²) in [5.41, 5.74) is -1.01. The fraction of sp³-hybridized carbons (Fsp3) is 0. The van der Waals surface area contributed by atoms with Crippen LogP contribution in [0.2, 0.25) is 0 Å². The Hall–Kier alpha value is -6.04. The lowest BCUT2D eigenvalue weighted by atomic mass is 9.82. The van der Waals surface area contributed by atoms with Gasteiger partial charge in [-0.2, -0.15) is 0 Å². The van der Waals surface area contributed by atoms with Crippen molar-refractivity contribution in [2.45, 2.75) is 0 Å². The Kier molecular flexibility index (Phi) is 6.41. The van der Waals surface area contributed by atoms with Crippen molar-refractivity contribution in [3.05, 3.63) is 139 Å². The molecule has 0 bridgehead atoms. The average Bonchev–Trinajstić information content (AvgIpc) is 2.96. The number of carbonyl (C=O) groups is 4. The molecule has 12 nitrogen and oxygen atoms in total. The fourth-order valence-corrected chi connectivity index (χ4v) is 4.34. The Morgan fingerprint density at radius 1 is 0.575 bits per heavy atom. The van der Waals surface area contributed by atoms with Crippen LogP contribution in [0.1, 0.15) is 52.6 Å². The second-order valence-corrected chi connectivity index (χ2v) is 8.64. The number of hydrogen-bond donors (Lipinski definition) is 2. The molecule has 4 aromatic rings. The second kappa shape index (κ2) is 10.0. The number of rotatable bonds is 6. The van der Waals surface area contributed by atoms with Crippen molar-refractivity contribution >= 4 is 46.1 Å². The van der Waals surface area contributed by atoms with Crippen molar-refractivity contribution in [1.29, 1.82) is 0 Å². The first kappa shape index (κ1) is 25.6. The van der Waals surface area contributed by atoms with Crippen LogP contribution in [0, 0.1) is 20.2 Å². The molecule has 0 unspecified atom stereocenters. The SMILES string of the molecule is O=C(Nc1ccc(NC(=O)c2cccc([N+](=O)[O-])c2)c2c1C(=O)c1ccccc1C2=O)c1cccc([N+](=O)[O-])c1. The van der Waals surface area contributed by atoms with Gasteiger partial charge < -0.3 is 10.6 Å². The van der Waals surface area contributed by atoms with E-state index in [9.17, 15) is 39.4 Å². The number of fused-ring (bicyclic) bond motifs is 2. The Labute approximate surface area is 224 Å². The second-order valence-electron chi connectivity index (χ2n) is 8.64. The van der Waals surface area contributed by atoms with Crippen LogP contribution in [0.15, 0.2) is 84.9 Å². The number of nitrogens with one attached hydrogen (secondary N) is 2. The molecule has 1 aliphatic carbocycles. The van der Waals surface area contributed by atoms with Crippen molar-refractivity contribution in [3.63, 3.8) is 0 Å². The molecule has 0 aliphatic heterocycles. The summed E-state index contributed by atoms with van der Waals surface area (Å²) in [4.78, 5) is 74.1. The lowest BCUT2D eigenvalue weighted by Crippen LogP contribution is -2.26. The molecule has 5 rings (SSSR count). The van der Waals surface area contributed by atoms with Crippen LogP contribution >= 0.6 is 0 Å². The number of anilines is 2. The number of hydrogen-bond acceptors (Lipinski definition) is 8. The highest BCUT2D eigenvalue weighted by atomic mass is 16.6. The predicted octanol–water partition coefficient (Wildman–Crippen LogP) is 4.78. The van der Waals surface area contributed by atoms with Gasteiger partial charge in [-0.25, -0.2) is 0 Å². The minimum Gasteiger partial charge on any atom is -0.321 e. The van der Waals surface area contributed by atoms with E-state index < -0.39 is 33.2 Å². The largest absolute Gasteiger partial charge is 0.321 e. The number of nitro benzene ring substituents is 2. The maximum absolute atomic E-state index is 13.6. The highest BCUT2D eigenvalue weighted by Crippen LogP contribution is 2.37. The van der Waals surface area contributed by atoms with Crippen molar-refractivity contribution in [2.24, 2.45) is 0 Å². The summed E-state index contributed by atoms with van der Waals surface area (Å²) < 4.78 is 0. The number of benzene rings is 4. The molecular formula is C28H16N4O8. The molecule has 196 valence electrons. The quantitative estimate of drug-likeness (QED) is 0.230. The number of amides is 2. The van der Waals surface area contributed by atoms with Crippen LogP contribution in [0.5, 0.6) is 0 Å². The molecule has 2 amide bonds. The first-order chi connectivity index (χ1) is 19.2. The van der Waals surface area contributed by atoms with Gasteiger partial charge in [0.1, 0.15) is 0 Å². The highest BCUT2D eigenvalue weighted by Gasteiger charge is 2.35. The van der Waals surface area contributed by atoms with Gasteiger partial charge in [-0.3, -0.25) is 39.4 Å². The van der Waals surface area contributed by atoms with E-state index in [1.54, 1.807) is 12.1 Å². The monoisotopic (exact) mass is 536 g/mol. The zero-order chi connectivity index (χ0) is 28.6. The minimum absolute atomic E-state index is 0.0484. The van der Waals surface area contributed by atoms with Crippen LogP contribution in [0.3, 0.4) is 0 Å². The molecule has 4 aromatic carbocycles. The van der Waals surface area contributed by atoms with E-state index in [2.05, 4.69) is 10.6 Å². The maximum Gasteiger partial charge on any atom is 0.270 e. The topological polar surface area (TPSA) is 179 Å². The third-order valence-corrected chi connectivity index (χ3v) is 6.21. The van der Waals surface area contributed by atoms with Crippen molar-refractivity contribution in [1.82, 2.24) is 0 Å². The maximum atomic E-state index is 13.6. The Bertz CT molecular complexity index is 1670. The van der Waals surface area contributed by atoms with Gasteiger partial charge in [-0.15, -0.1) is 0 Å². The molecule has 0 saturated heterocycles. The van der Waals surface area contributed by atoms with Gasteiger partial charge in [0.2, 0.25) is 0 Å². The van der Waals surface area contributed by atoms with Gasteiger partial charge in [0.15, 0.2) is 11.6 Å². The van der Waals surface area contributed by atoms with Crippen molar-refractivity contribution in [3.8, 4) is 0 Å². The molecule has 2 N–H and O–H groups in total. The third kappa shape index (κ3) is 4.56. The Balaban J connectivity index is 1.58. The van der Waals surface area contributed by atoms with Crippen LogP contribution in [0.25, 0.3) is 0 Å². The molecule has 0 heterocycles. The molecule has 12 heteroatoms. The standard InChI is InChI=1S/C28H16N4O8/c33-25-19-9-1-2-10-20(19)26(34)24-22(30-28(36)16-6-4-8-18(14-16)32(39)40)12-11-21(23(24)25)29-27(35)15-5-3-7-17(13-15)31(37)38/h1-14H,(H,29,35)(H,30,36). The summed E-state index contributed by atoms with van der Waals surface area (Å²) >= 11 is 0. The lowest BCUT2D eigenvalue weighted by molar-refractivity contribution is -0.385. The number of ketones is 2. The number of carbonyl (C=O) groups excluding carboxylic acids is 4. The Morgan fingerprint density at radius 2 is 0.975 bits per heavy atom.